The van der Waals surface area contributed by atoms with Gasteiger partial charge in [0.15, 0.2) is 10.6 Å². The van der Waals surface area contributed by atoms with Gasteiger partial charge in [0.1, 0.15) is 5.75 Å². The molecule has 1 atom stereocenters. The van der Waals surface area contributed by atoms with Crippen LogP contribution in [0.15, 0.2) is 24.3 Å². The standard InChI is InChI=1S/C18H24N4O3S/c1-3-24-15-6-4-14(5-7-15)17-19-20-18(26)22(17)9-8-16(23)21-10-11-25-13(2)12-21/h4-7,13H,3,8-12H2,1-2H3,(H,20,26). The molecule has 0 spiro atoms. The Hall–Kier alpha value is -2.19. The number of aromatic nitrogens is 3. The molecule has 0 saturated carbocycles. The summed E-state index contributed by atoms with van der Waals surface area (Å²) in [6.07, 6.45) is 0.466. The molecule has 1 aliphatic rings. The van der Waals surface area contributed by atoms with Crippen molar-refractivity contribution in [3.63, 3.8) is 0 Å². The van der Waals surface area contributed by atoms with Gasteiger partial charge >= 0.3 is 0 Å². The molecule has 1 aromatic carbocycles. The van der Waals surface area contributed by atoms with Crippen LogP contribution in [-0.2, 0) is 16.1 Å². The topological polar surface area (TPSA) is 72.4 Å². The van der Waals surface area contributed by atoms with Crippen molar-refractivity contribution in [3.05, 3.63) is 29.0 Å². The van der Waals surface area contributed by atoms with Gasteiger partial charge in [0.25, 0.3) is 0 Å². The minimum Gasteiger partial charge on any atom is -0.494 e. The van der Waals surface area contributed by atoms with E-state index in [4.69, 9.17) is 21.7 Å². The number of morpholine rings is 1. The zero-order chi connectivity index (χ0) is 18.5. The number of carbonyl (C=O) groups excluding carboxylic acids is 1. The van der Waals surface area contributed by atoms with Gasteiger partial charge in [0, 0.05) is 31.6 Å². The fourth-order valence-corrected chi connectivity index (χ4v) is 3.25. The van der Waals surface area contributed by atoms with Crippen molar-refractivity contribution in [2.75, 3.05) is 26.3 Å². The normalized spacial score (nSPS) is 17.3. The SMILES string of the molecule is CCOc1ccc(-c2n[nH]c(=S)n2CCC(=O)N2CCOC(C)C2)cc1. The Bertz CT molecular complexity index is 800. The van der Waals surface area contributed by atoms with Crippen molar-refractivity contribution in [2.24, 2.45) is 0 Å². The number of nitrogens with one attached hydrogen (secondary N) is 1. The quantitative estimate of drug-likeness (QED) is 0.785. The van der Waals surface area contributed by atoms with E-state index in [-0.39, 0.29) is 12.0 Å². The molecule has 0 aliphatic carbocycles. The second-order valence-electron chi connectivity index (χ2n) is 6.23. The van der Waals surface area contributed by atoms with Crippen LogP contribution in [0.2, 0.25) is 0 Å². The Morgan fingerprint density at radius 2 is 2.19 bits per heavy atom. The van der Waals surface area contributed by atoms with Crippen LogP contribution >= 0.6 is 12.2 Å². The number of hydrogen-bond donors (Lipinski definition) is 1. The van der Waals surface area contributed by atoms with Crippen molar-refractivity contribution in [3.8, 4) is 17.1 Å². The van der Waals surface area contributed by atoms with Crippen molar-refractivity contribution >= 4 is 18.1 Å². The number of ether oxygens (including phenoxy) is 2. The molecule has 7 nitrogen and oxygen atoms in total. The van der Waals surface area contributed by atoms with E-state index in [9.17, 15) is 4.79 Å². The summed E-state index contributed by atoms with van der Waals surface area (Å²) in [4.78, 5) is 14.3. The van der Waals surface area contributed by atoms with E-state index in [0.29, 0.717) is 44.0 Å². The fraction of sp³-hybridized carbons (Fsp3) is 0.500. The van der Waals surface area contributed by atoms with Gasteiger partial charge in [-0.3, -0.25) is 14.5 Å². The number of nitrogens with zero attached hydrogens (tertiary/aromatic N) is 3. The van der Waals surface area contributed by atoms with E-state index in [1.165, 1.54) is 0 Å². The lowest BCUT2D eigenvalue weighted by Crippen LogP contribution is -2.44. The van der Waals surface area contributed by atoms with Gasteiger partial charge in [-0.25, -0.2) is 0 Å². The van der Waals surface area contributed by atoms with Gasteiger partial charge in [-0.2, -0.15) is 5.10 Å². The van der Waals surface area contributed by atoms with Crippen molar-refractivity contribution in [2.45, 2.75) is 32.9 Å². The fourth-order valence-electron chi connectivity index (χ4n) is 3.02. The second-order valence-corrected chi connectivity index (χ2v) is 6.62. The predicted molar refractivity (Wildman–Crippen MR) is 101 cm³/mol. The molecule has 1 aliphatic heterocycles. The van der Waals surface area contributed by atoms with E-state index >= 15 is 0 Å². The lowest BCUT2D eigenvalue weighted by atomic mass is 10.2. The van der Waals surface area contributed by atoms with Crippen LogP contribution in [-0.4, -0.2) is 58.0 Å². The van der Waals surface area contributed by atoms with E-state index in [1.807, 2.05) is 47.6 Å². The summed E-state index contributed by atoms with van der Waals surface area (Å²) < 4.78 is 13.3. The monoisotopic (exact) mass is 376 g/mol. The molecule has 1 saturated heterocycles. The average molecular weight is 376 g/mol. The Morgan fingerprint density at radius 3 is 2.88 bits per heavy atom. The molecule has 8 heteroatoms. The van der Waals surface area contributed by atoms with Crippen LogP contribution in [0.3, 0.4) is 0 Å². The lowest BCUT2D eigenvalue weighted by molar-refractivity contribution is -0.138. The van der Waals surface area contributed by atoms with E-state index in [0.717, 1.165) is 17.1 Å². The summed E-state index contributed by atoms with van der Waals surface area (Å²) in [7, 11) is 0. The van der Waals surface area contributed by atoms with Gasteiger partial charge in [-0.05, 0) is 50.3 Å². The van der Waals surface area contributed by atoms with E-state index < -0.39 is 0 Å². The Labute approximate surface area is 157 Å². The number of H-pyrrole nitrogens is 1. The molecule has 3 rings (SSSR count). The van der Waals surface area contributed by atoms with Crippen molar-refractivity contribution in [1.29, 1.82) is 0 Å². The maximum absolute atomic E-state index is 12.5. The molecule has 2 heterocycles. The number of rotatable bonds is 6. The molecule has 140 valence electrons. The van der Waals surface area contributed by atoms with E-state index in [1.54, 1.807) is 0 Å². The number of hydrogen-bond acceptors (Lipinski definition) is 5. The molecule has 1 unspecified atom stereocenters. The molecule has 1 amide bonds. The lowest BCUT2D eigenvalue weighted by Gasteiger charge is -2.31. The molecular formula is C18H24N4O3S. The van der Waals surface area contributed by atoms with Crippen molar-refractivity contribution in [1.82, 2.24) is 19.7 Å². The van der Waals surface area contributed by atoms with Crippen molar-refractivity contribution < 1.29 is 14.3 Å². The summed E-state index contributed by atoms with van der Waals surface area (Å²) in [6, 6.07) is 7.69. The third-order valence-electron chi connectivity index (χ3n) is 4.32. The van der Waals surface area contributed by atoms with Crippen LogP contribution in [0.5, 0.6) is 5.75 Å². The smallest absolute Gasteiger partial charge is 0.224 e. The first-order chi connectivity index (χ1) is 12.6. The molecule has 1 N–H and O–H groups in total. The highest BCUT2D eigenvalue weighted by Gasteiger charge is 2.21. The highest BCUT2D eigenvalue weighted by Crippen LogP contribution is 2.21. The first-order valence-corrected chi connectivity index (χ1v) is 9.27. The largest absolute Gasteiger partial charge is 0.494 e. The Balaban J connectivity index is 1.70. The number of benzene rings is 1. The third kappa shape index (κ3) is 4.31. The van der Waals surface area contributed by atoms with Crippen LogP contribution in [0.1, 0.15) is 20.3 Å². The zero-order valence-electron chi connectivity index (χ0n) is 15.1. The van der Waals surface area contributed by atoms with Crippen LogP contribution in [0, 0.1) is 4.77 Å². The number of amides is 1. The molecule has 1 fully saturated rings. The molecular weight excluding hydrogens is 352 g/mol. The van der Waals surface area contributed by atoms with Gasteiger partial charge in [-0.1, -0.05) is 0 Å². The highest BCUT2D eigenvalue weighted by atomic mass is 32.1. The maximum Gasteiger partial charge on any atom is 0.224 e. The maximum atomic E-state index is 12.5. The van der Waals surface area contributed by atoms with Gasteiger partial charge in [0.05, 0.1) is 19.3 Å². The second kappa shape index (κ2) is 8.46. The summed E-state index contributed by atoms with van der Waals surface area (Å²) in [5.74, 6) is 1.65. The summed E-state index contributed by atoms with van der Waals surface area (Å²) in [5.41, 5.74) is 0.924. The first-order valence-electron chi connectivity index (χ1n) is 8.86. The zero-order valence-corrected chi connectivity index (χ0v) is 15.9. The molecule has 26 heavy (non-hydrogen) atoms. The summed E-state index contributed by atoms with van der Waals surface area (Å²) in [5, 5.41) is 7.15. The van der Waals surface area contributed by atoms with Gasteiger partial charge < -0.3 is 14.4 Å². The average Bonchev–Trinajstić information content (AvgIpc) is 3.01. The third-order valence-corrected chi connectivity index (χ3v) is 4.64. The van der Waals surface area contributed by atoms with Crippen LogP contribution in [0.25, 0.3) is 11.4 Å². The molecule has 0 bridgehead atoms. The van der Waals surface area contributed by atoms with E-state index in [2.05, 4.69) is 10.2 Å². The predicted octanol–water partition coefficient (Wildman–Crippen LogP) is 2.64. The summed E-state index contributed by atoms with van der Waals surface area (Å²) >= 11 is 5.34. The minimum atomic E-state index is 0.0863. The van der Waals surface area contributed by atoms with Crippen LogP contribution < -0.4 is 4.74 Å². The first kappa shape index (κ1) is 18.6. The molecule has 0 radical (unpaired) electrons. The Kier molecular flexibility index (Phi) is 6.05. The van der Waals surface area contributed by atoms with Crippen LogP contribution in [0.4, 0.5) is 0 Å². The molecule has 1 aromatic heterocycles. The number of carbonyl (C=O) groups is 1. The summed E-state index contributed by atoms with van der Waals surface area (Å²) in [6.45, 7) is 6.92. The minimum absolute atomic E-state index is 0.0863. The van der Waals surface area contributed by atoms with Gasteiger partial charge in [0.2, 0.25) is 5.91 Å². The molecule has 2 aromatic rings. The highest BCUT2D eigenvalue weighted by molar-refractivity contribution is 7.71. The number of aromatic amines is 1. The van der Waals surface area contributed by atoms with Gasteiger partial charge in [-0.15, -0.1) is 0 Å². The Morgan fingerprint density at radius 1 is 1.42 bits per heavy atom.